The van der Waals surface area contributed by atoms with Crippen LogP contribution in [-0.4, -0.2) is 60.4 Å². The second-order valence-corrected chi connectivity index (χ2v) is 11.9. The SMILES string of the molecule is CC1(C)S[C@@H]2C(NC(=O)OCc3ccc([N+](=O)[O-])cc3)C(=O)N2[C@H]1C(=O)OCC(Cl)(Cl)Cl. The summed E-state index contributed by atoms with van der Waals surface area (Å²) in [4.78, 5) is 48.8. The third-order valence-corrected chi connectivity index (χ3v) is 6.73. The number of alkyl halides is 3. The molecule has 0 radical (unpaired) electrons. The van der Waals surface area contributed by atoms with E-state index in [2.05, 4.69) is 5.32 Å². The van der Waals surface area contributed by atoms with Gasteiger partial charge in [-0.2, -0.15) is 0 Å². The molecule has 10 nitrogen and oxygen atoms in total. The Balaban J connectivity index is 1.56. The number of ether oxygens (including phenoxy) is 2. The highest BCUT2D eigenvalue weighted by Crippen LogP contribution is 2.51. The van der Waals surface area contributed by atoms with Gasteiger partial charge in [0.15, 0.2) is 0 Å². The molecule has 174 valence electrons. The number of hydrogen-bond acceptors (Lipinski definition) is 8. The van der Waals surface area contributed by atoms with E-state index in [9.17, 15) is 24.5 Å². The molecule has 0 bridgehead atoms. The smallest absolute Gasteiger partial charge is 0.408 e. The van der Waals surface area contributed by atoms with E-state index in [1.165, 1.54) is 40.9 Å². The van der Waals surface area contributed by atoms with Crippen molar-refractivity contribution in [1.82, 2.24) is 10.2 Å². The molecule has 1 unspecified atom stereocenters. The molecule has 2 saturated heterocycles. The quantitative estimate of drug-likeness (QED) is 0.197. The molecule has 1 N–H and O–H groups in total. The number of nitro groups is 1. The maximum Gasteiger partial charge on any atom is 0.408 e. The van der Waals surface area contributed by atoms with Crippen LogP contribution in [0.25, 0.3) is 0 Å². The first-order valence-electron chi connectivity index (χ1n) is 9.20. The Morgan fingerprint density at radius 1 is 1.25 bits per heavy atom. The van der Waals surface area contributed by atoms with Crippen molar-refractivity contribution in [2.45, 2.75) is 46.5 Å². The summed E-state index contributed by atoms with van der Waals surface area (Å²) in [5.41, 5.74) is 0.460. The van der Waals surface area contributed by atoms with Gasteiger partial charge in [0.1, 0.15) is 30.7 Å². The van der Waals surface area contributed by atoms with E-state index in [0.29, 0.717) is 5.56 Å². The number of amides is 2. The molecule has 2 aliphatic heterocycles. The third kappa shape index (κ3) is 5.33. The Morgan fingerprint density at radius 2 is 1.88 bits per heavy atom. The van der Waals surface area contributed by atoms with Gasteiger partial charge >= 0.3 is 12.1 Å². The van der Waals surface area contributed by atoms with Crippen LogP contribution >= 0.6 is 46.6 Å². The second-order valence-electron chi connectivity index (χ2n) is 7.60. The molecule has 0 spiro atoms. The number of rotatable bonds is 6. The number of non-ortho nitro benzene ring substituents is 1. The molecular weight excluding hydrogens is 509 g/mol. The van der Waals surface area contributed by atoms with Gasteiger partial charge in [-0.05, 0) is 31.5 Å². The minimum atomic E-state index is -1.78. The average molecular weight is 527 g/mol. The molecule has 2 aliphatic rings. The highest BCUT2D eigenvalue weighted by molar-refractivity contribution is 8.01. The Bertz CT molecular complexity index is 939. The summed E-state index contributed by atoms with van der Waals surface area (Å²) < 4.78 is 7.68. The largest absolute Gasteiger partial charge is 0.460 e. The van der Waals surface area contributed by atoms with E-state index in [4.69, 9.17) is 44.3 Å². The topological polar surface area (TPSA) is 128 Å². The second kappa shape index (κ2) is 9.12. The molecule has 3 rings (SSSR count). The molecule has 2 amide bonds. The number of nitrogens with zero attached hydrogens (tertiary/aromatic N) is 2. The fourth-order valence-corrected chi connectivity index (χ4v) is 5.17. The summed E-state index contributed by atoms with van der Waals surface area (Å²) in [6.45, 7) is 2.95. The van der Waals surface area contributed by atoms with Crippen LogP contribution in [0.3, 0.4) is 0 Å². The number of esters is 1. The van der Waals surface area contributed by atoms with Crippen molar-refractivity contribution in [3.63, 3.8) is 0 Å². The lowest BCUT2D eigenvalue weighted by molar-refractivity contribution is -0.384. The van der Waals surface area contributed by atoms with Crippen LogP contribution in [0.4, 0.5) is 10.5 Å². The van der Waals surface area contributed by atoms with Crippen LogP contribution in [-0.2, 0) is 25.7 Å². The Labute approximate surface area is 202 Å². The van der Waals surface area contributed by atoms with Crippen LogP contribution in [0, 0.1) is 10.1 Å². The lowest BCUT2D eigenvalue weighted by Gasteiger charge is -2.43. The lowest BCUT2D eigenvalue weighted by Crippen LogP contribution is -2.70. The number of fused-ring (bicyclic) bond motifs is 1. The summed E-state index contributed by atoms with van der Waals surface area (Å²) in [7, 11) is 0. The van der Waals surface area contributed by atoms with Crippen molar-refractivity contribution in [1.29, 1.82) is 0 Å². The van der Waals surface area contributed by atoms with Crippen molar-refractivity contribution in [2.75, 3.05) is 6.61 Å². The zero-order valence-electron chi connectivity index (χ0n) is 16.7. The maximum atomic E-state index is 12.7. The minimum absolute atomic E-state index is 0.0823. The van der Waals surface area contributed by atoms with Crippen molar-refractivity contribution in [2.24, 2.45) is 0 Å². The molecule has 0 aromatic heterocycles. The van der Waals surface area contributed by atoms with E-state index >= 15 is 0 Å². The standard InChI is InChI=1S/C18H18Cl3N3O7S/c1-17(2)12(15(26)31-8-18(19,20)21)23-13(25)11(14(23)32-17)22-16(27)30-7-9-3-5-10(6-4-9)24(28)29/h3-6,11-12,14H,7-8H2,1-2H3,(H,22,27)/t11?,12-,14+/m0/s1. The first kappa shape index (κ1) is 24.7. The number of nitrogens with one attached hydrogen (secondary N) is 1. The van der Waals surface area contributed by atoms with Gasteiger partial charge in [-0.3, -0.25) is 14.9 Å². The average Bonchev–Trinajstić information content (AvgIpc) is 2.96. The summed E-state index contributed by atoms with van der Waals surface area (Å²) in [6, 6.07) is 3.72. The highest BCUT2D eigenvalue weighted by atomic mass is 35.6. The molecule has 1 aromatic rings. The molecule has 1 aromatic carbocycles. The summed E-state index contributed by atoms with van der Waals surface area (Å²) in [6.07, 6.45) is -0.831. The van der Waals surface area contributed by atoms with E-state index in [-0.39, 0.29) is 12.3 Å². The van der Waals surface area contributed by atoms with Gasteiger partial charge < -0.3 is 19.7 Å². The van der Waals surface area contributed by atoms with Gasteiger partial charge in [0.05, 0.1) is 4.92 Å². The number of halogens is 3. The van der Waals surface area contributed by atoms with Gasteiger partial charge in [0, 0.05) is 16.9 Å². The first-order chi connectivity index (χ1) is 14.8. The zero-order valence-corrected chi connectivity index (χ0v) is 19.8. The number of benzene rings is 1. The van der Waals surface area contributed by atoms with Gasteiger partial charge in [-0.1, -0.05) is 34.8 Å². The molecule has 14 heteroatoms. The van der Waals surface area contributed by atoms with Gasteiger partial charge in [0.25, 0.3) is 5.69 Å². The fourth-order valence-electron chi connectivity index (χ4n) is 3.39. The summed E-state index contributed by atoms with van der Waals surface area (Å²) in [5, 5.41) is 12.7. The number of thioether (sulfide) groups is 1. The molecule has 2 fully saturated rings. The van der Waals surface area contributed by atoms with Crippen LogP contribution in [0.5, 0.6) is 0 Å². The highest BCUT2D eigenvalue weighted by Gasteiger charge is 2.64. The normalized spacial score (nSPS) is 23.7. The minimum Gasteiger partial charge on any atom is -0.460 e. The number of hydrogen-bond donors (Lipinski definition) is 1. The number of alkyl carbamates (subject to hydrolysis) is 1. The van der Waals surface area contributed by atoms with E-state index in [1.54, 1.807) is 13.8 Å². The van der Waals surface area contributed by atoms with Crippen molar-refractivity contribution >= 4 is 70.2 Å². The molecule has 32 heavy (non-hydrogen) atoms. The number of carbonyl (C=O) groups is 3. The molecule has 2 heterocycles. The van der Waals surface area contributed by atoms with Crippen LogP contribution in [0.2, 0.25) is 0 Å². The Hall–Kier alpha value is -1.95. The Kier molecular flexibility index (Phi) is 7.04. The zero-order chi connectivity index (χ0) is 23.8. The van der Waals surface area contributed by atoms with Crippen LogP contribution < -0.4 is 5.32 Å². The van der Waals surface area contributed by atoms with Crippen LogP contribution in [0.15, 0.2) is 24.3 Å². The number of nitro benzene ring substituents is 1. The fraction of sp³-hybridized carbons (Fsp3) is 0.500. The van der Waals surface area contributed by atoms with E-state index in [1.807, 2.05) is 0 Å². The molecule has 0 saturated carbocycles. The van der Waals surface area contributed by atoms with Crippen molar-refractivity contribution in [3.8, 4) is 0 Å². The Morgan fingerprint density at radius 3 is 2.44 bits per heavy atom. The van der Waals surface area contributed by atoms with Crippen molar-refractivity contribution < 1.29 is 28.8 Å². The predicted octanol–water partition coefficient (Wildman–Crippen LogP) is 3.17. The summed E-state index contributed by atoms with van der Waals surface area (Å²) in [5.74, 6) is -1.17. The third-order valence-electron chi connectivity index (χ3n) is 4.83. The molecular formula is C18H18Cl3N3O7S. The van der Waals surface area contributed by atoms with Gasteiger partial charge in [-0.25, -0.2) is 9.59 Å². The van der Waals surface area contributed by atoms with Gasteiger partial charge in [-0.15, -0.1) is 11.8 Å². The van der Waals surface area contributed by atoms with Crippen molar-refractivity contribution in [3.05, 3.63) is 39.9 Å². The number of β-lactam (4-membered cyclic amide) rings is 1. The van der Waals surface area contributed by atoms with E-state index < -0.39 is 55.5 Å². The lowest BCUT2D eigenvalue weighted by atomic mass is 9.96. The first-order valence-corrected chi connectivity index (χ1v) is 11.2. The maximum absolute atomic E-state index is 12.7. The molecule has 0 aliphatic carbocycles. The summed E-state index contributed by atoms with van der Waals surface area (Å²) >= 11 is 18.2. The molecule has 3 atom stereocenters. The number of carbonyl (C=O) groups excluding carboxylic acids is 3. The monoisotopic (exact) mass is 525 g/mol. The predicted molar refractivity (Wildman–Crippen MR) is 118 cm³/mol. The van der Waals surface area contributed by atoms with E-state index in [0.717, 1.165) is 0 Å². The van der Waals surface area contributed by atoms with Gasteiger partial charge in [0.2, 0.25) is 9.70 Å². The van der Waals surface area contributed by atoms with Crippen LogP contribution in [0.1, 0.15) is 19.4 Å².